The molecule has 0 aliphatic rings. The van der Waals surface area contributed by atoms with Gasteiger partial charge in [-0.15, -0.1) is 0 Å². The second-order valence-corrected chi connectivity index (χ2v) is 6.02. The maximum absolute atomic E-state index is 12.0. The summed E-state index contributed by atoms with van der Waals surface area (Å²) in [6.07, 6.45) is 3.57. The van der Waals surface area contributed by atoms with Gasteiger partial charge >= 0.3 is 0 Å². The Morgan fingerprint density at radius 3 is 2.54 bits per heavy atom. The van der Waals surface area contributed by atoms with Gasteiger partial charge in [0.25, 0.3) is 5.91 Å². The van der Waals surface area contributed by atoms with Crippen molar-refractivity contribution in [1.29, 1.82) is 0 Å². The van der Waals surface area contributed by atoms with Gasteiger partial charge in [0.05, 0.1) is 12.2 Å². The van der Waals surface area contributed by atoms with Crippen LogP contribution >= 0.6 is 11.6 Å². The zero-order valence-corrected chi connectivity index (χ0v) is 14.6. The highest BCUT2D eigenvalue weighted by atomic mass is 35.5. The monoisotopic (exact) mass is 368 g/mol. The van der Waals surface area contributed by atoms with Gasteiger partial charge in [0.15, 0.2) is 0 Å². The van der Waals surface area contributed by atoms with Crippen molar-refractivity contribution in [1.82, 2.24) is 20.4 Å². The number of carbonyl (C=O) groups excluding carboxylic acids is 2. The van der Waals surface area contributed by atoms with E-state index in [4.69, 9.17) is 11.6 Å². The summed E-state index contributed by atoms with van der Waals surface area (Å²) in [4.78, 5) is 23.9. The predicted molar refractivity (Wildman–Crippen MR) is 99.2 cm³/mol. The van der Waals surface area contributed by atoms with E-state index < -0.39 is 0 Å². The van der Waals surface area contributed by atoms with Crippen LogP contribution in [-0.2, 0) is 11.3 Å². The fourth-order valence-electron chi connectivity index (χ4n) is 2.34. The Hall–Kier alpha value is -3.12. The van der Waals surface area contributed by atoms with Crippen molar-refractivity contribution in [2.45, 2.75) is 6.54 Å². The standard InChI is InChI=1S/C19H17ClN4O2/c20-16-4-1-3-15(11-16)19(26)22-13-18(25)21-12-14-5-7-17(8-6-14)24-10-2-9-23-24/h1-11H,12-13H2,(H,21,25)(H,22,26). The van der Waals surface area contributed by atoms with Crippen LogP contribution in [0.15, 0.2) is 67.0 Å². The lowest BCUT2D eigenvalue weighted by Gasteiger charge is -2.08. The molecule has 0 unspecified atom stereocenters. The van der Waals surface area contributed by atoms with Crippen LogP contribution in [0.3, 0.4) is 0 Å². The lowest BCUT2D eigenvalue weighted by atomic mass is 10.2. The number of halogens is 1. The van der Waals surface area contributed by atoms with Crippen molar-refractivity contribution in [3.05, 3.63) is 83.1 Å². The minimum absolute atomic E-state index is 0.100. The van der Waals surface area contributed by atoms with E-state index in [1.54, 1.807) is 35.1 Å². The molecule has 0 spiro atoms. The molecule has 2 N–H and O–H groups in total. The quantitative estimate of drug-likeness (QED) is 0.702. The van der Waals surface area contributed by atoms with Crippen LogP contribution in [0, 0.1) is 0 Å². The maximum atomic E-state index is 12.0. The second-order valence-electron chi connectivity index (χ2n) is 5.59. The Morgan fingerprint density at radius 1 is 1.04 bits per heavy atom. The van der Waals surface area contributed by atoms with Gasteiger partial charge in [0.1, 0.15) is 0 Å². The summed E-state index contributed by atoms with van der Waals surface area (Å²) in [5.41, 5.74) is 2.31. The minimum Gasteiger partial charge on any atom is -0.350 e. The first kappa shape index (κ1) is 17.7. The Balaban J connectivity index is 1.46. The summed E-state index contributed by atoms with van der Waals surface area (Å²) in [7, 11) is 0. The van der Waals surface area contributed by atoms with Gasteiger partial charge in [-0.05, 0) is 42.0 Å². The van der Waals surface area contributed by atoms with Crippen LogP contribution < -0.4 is 10.6 Å². The third-order valence-corrected chi connectivity index (χ3v) is 3.93. The molecular formula is C19H17ClN4O2. The van der Waals surface area contributed by atoms with E-state index in [0.29, 0.717) is 17.1 Å². The van der Waals surface area contributed by atoms with E-state index in [0.717, 1.165) is 11.3 Å². The summed E-state index contributed by atoms with van der Waals surface area (Å²) in [6, 6.07) is 16.1. The zero-order chi connectivity index (χ0) is 18.4. The van der Waals surface area contributed by atoms with E-state index in [-0.39, 0.29) is 18.4 Å². The fourth-order valence-corrected chi connectivity index (χ4v) is 2.53. The summed E-state index contributed by atoms with van der Waals surface area (Å²) < 4.78 is 1.76. The van der Waals surface area contributed by atoms with Gasteiger partial charge in [-0.3, -0.25) is 9.59 Å². The molecule has 0 bridgehead atoms. The molecule has 1 heterocycles. The molecule has 7 heteroatoms. The highest BCUT2D eigenvalue weighted by Crippen LogP contribution is 2.10. The largest absolute Gasteiger partial charge is 0.350 e. The van der Waals surface area contributed by atoms with Crippen molar-refractivity contribution >= 4 is 23.4 Å². The van der Waals surface area contributed by atoms with Crippen LogP contribution in [0.25, 0.3) is 5.69 Å². The van der Waals surface area contributed by atoms with Gasteiger partial charge in [-0.2, -0.15) is 5.10 Å². The van der Waals surface area contributed by atoms with Crippen molar-refractivity contribution in [3.8, 4) is 5.69 Å². The van der Waals surface area contributed by atoms with E-state index in [1.165, 1.54) is 0 Å². The number of hydrogen-bond acceptors (Lipinski definition) is 3. The number of carbonyl (C=O) groups is 2. The molecule has 26 heavy (non-hydrogen) atoms. The molecule has 3 rings (SSSR count). The average molecular weight is 369 g/mol. The maximum Gasteiger partial charge on any atom is 0.251 e. The van der Waals surface area contributed by atoms with E-state index in [1.807, 2.05) is 36.5 Å². The summed E-state index contributed by atoms with van der Waals surface area (Å²) in [5.74, 6) is -0.609. The molecule has 0 aliphatic carbocycles. The van der Waals surface area contributed by atoms with Crippen LogP contribution in [0.4, 0.5) is 0 Å². The topological polar surface area (TPSA) is 76.0 Å². The molecule has 2 amide bonds. The number of hydrogen-bond donors (Lipinski definition) is 2. The number of nitrogens with zero attached hydrogens (tertiary/aromatic N) is 2. The van der Waals surface area contributed by atoms with Crippen molar-refractivity contribution < 1.29 is 9.59 Å². The molecule has 0 radical (unpaired) electrons. The number of nitrogens with one attached hydrogen (secondary N) is 2. The molecule has 0 saturated heterocycles. The Morgan fingerprint density at radius 2 is 1.85 bits per heavy atom. The number of amides is 2. The van der Waals surface area contributed by atoms with E-state index in [9.17, 15) is 9.59 Å². The first-order chi connectivity index (χ1) is 12.6. The van der Waals surface area contributed by atoms with Crippen molar-refractivity contribution in [2.24, 2.45) is 0 Å². The Kier molecular flexibility index (Phi) is 5.66. The number of rotatable bonds is 6. The average Bonchev–Trinajstić information content (AvgIpc) is 3.19. The number of benzene rings is 2. The summed E-state index contributed by atoms with van der Waals surface area (Å²) >= 11 is 5.85. The first-order valence-electron chi connectivity index (χ1n) is 8.01. The fraction of sp³-hybridized carbons (Fsp3) is 0.105. The molecule has 2 aromatic carbocycles. The SMILES string of the molecule is O=C(CNC(=O)c1cccc(Cl)c1)NCc1ccc(-n2cccn2)cc1. The normalized spacial score (nSPS) is 10.3. The van der Waals surface area contributed by atoms with Crippen LogP contribution in [0.1, 0.15) is 15.9 Å². The van der Waals surface area contributed by atoms with Crippen LogP contribution in [-0.4, -0.2) is 28.1 Å². The molecular weight excluding hydrogens is 352 g/mol. The van der Waals surface area contributed by atoms with E-state index in [2.05, 4.69) is 15.7 Å². The molecule has 0 fully saturated rings. The van der Waals surface area contributed by atoms with Gasteiger partial charge in [0.2, 0.25) is 5.91 Å². The van der Waals surface area contributed by atoms with Gasteiger partial charge in [0, 0.05) is 29.5 Å². The van der Waals surface area contributed by atoms with Crippen LogP contribution in [0.2, 0.25) is 5.02 Å². The van der Waals surface area contributed by atoms with E-state index >= 15 is 0 Å². The molecule has 0 atom stereocenters. The van der Waals surface area contributed by atoms with Gasteiger partial charge < -0.3 is 10.6 Å². The summed E-state index contributed by atoms with van der Waals surface area (Å²) in [5, 5.41) is 9.97. The zero-order valence-electron chi connectivity index (χ0n) is 13.9. The molecule has 132 valence electrons. The third kappa shape index (κ3) is 4.70. The van der Waals surface area contributed by atoms with Gasteiger partial charge in [-0.1, -0.05) is 29.8 Å². The third-order valence-electron chi connectivity index (χ3n) is 3.69. The smallest absolute Gasteiger partial charge is 0.251 e. The lowest BCUT2D eigenvalue weighted by Crippen LogP contribution is -2.36. The van der Waals surface area contributed by atoms with Gasteiger partial charge in [-0.25, -0.2) is 4.68 Å². The van der Waals surface area contributed by atoms with Crippen molar-refractivity contribution in [3.63, 3.8) is 0 Å². The van der Waals surface area contributed by atoms with Crippen molar-refractivity contribution in [2.75, 3.05) is 6.54 Å². The lowest BCUT2D eigenvalue weighted by molar-refractivity contribution is -0.120. The Bertz CT molecular complexity index is 892. The molecule has 3 aromatic rings. The predicted octanol–water partition coefficient (Wildman–Crippen LogP) is 2.57. The molecule has 0 aliphatic heterocycles. The molecule has 1 aromatic heterocycles. The highest BCUT2D eigenvalue weighted by Gasteiger charge is 2.08. The van der Waals surface area contributed by atoms with Crippen LogP contribution in [0.5, 0.6) is 0 Å². The summed E-state index contributed by atoms with van der Waals surface area (Å²) in [6.45, 7) is 0.280. The number of aromatic nitrogens is 2. The Labute approximate surface area is 155 Å². The molecule has 0 saturated carbocycles. The minimum atomic E-state index is -0.341. The highest BCUT2D eigenvalue weighted by molar-refractivity contribution is 6.30. The first-order valence-corrected chi connectivity index (χ1v) is 8.39. The molecule has 6 nitrogen and oxygen atoms in total. The second kappa shape index (κ2) is 8.31.